The van der Waals surface area contributed by atoms with Gasteiger partial charge in [0.2, 0.25) is 0 Å². The molecule has 1 aromatic carbocycles. The number of phenols is 1. The lowest BCUT2D eigenvalue weighted by Gasteiger charge is -2.30. The largest absolute Gasteiger partial charge is 0.508 e. The van der Waals surface area contributed by atoms with Crippen molar-refractivity contribution in [2.24, 2.45) is 17.6 Å². The van der Waals surface area contributed by atoms with Gasteiger partial charge < -0.3 is 20.0 Å². The Morgan fingerprint density at radius 2 is 2.15 bits per heavy atom. The average molecular weight is 485 g/mol. The fourth-order valence-corrected chi connectivity index (χ4v) is 6.79. The lowest BCUT2D eigenvalue weighted by Crippen LogP contribution is -2.41. The van der Waals surface area contributed by atoms with Crippen LogP contribution in [-0.2, 0) is 11.2 Å². The molecule has 3 fully saturated rings. The topological polar surface area (TPSA) is 88.9 Å². The molecule has 0 radical (unpaired) electrons. The quantitative estimate of drug-likeness (QED) is 0.425. The van der Waals surface area contributed by atoms with Crippen molar-refractivity contribution in [1.82, 2.24) is 4.90 Å². The van der Waals surface area contributed by atoms with Gasteiger partial charge in [0.15, 0.2) is 0 Å². The summed E-state index contributed by atoms with van der Waals surface area (Å²) in [7, 11) is 1.55. The molecular weight excluding hydrogens is 456 g/mol. The van der Waals surface area contributed by atoms with Gasteiger partial charge in [0, 0.05) is 23.7 Å². The van der Waals surface area contributed by atoms with Crippen molar-refractivity contribution in [3.05, 3.63) is 40.5 Å². The molecule has 1 amide bonds. The monoisotopic (exact) mass is 484 g/mol. The van der Waals surface area contributed by atoms with Gasteiger partial charge in [-0.05, 0) is 74.2 Å². The molecule has 8 heteroatoms. The molecule has 2 saturated carbocycles. The number of phenolic OH excluding ortho intramolecular Hbond substituents is 1. The third-order valence-corrected chi connectivity index (χ3v) is 8.35. The number of carbonyl (C=O) groups excluding carboxylic acids is 1. The molecule has 3 atom stereocenters. The van der Waals surface area contributed by atoms with E-state index in [1.54, 1.807) is 19.2 Å². The number of hydrogen-bond acceptors (Lipinski definition) is 7. The second-order valence-corrected chi connectivity index (χ2v) is 10.8. The van der Waals surface area contributed by atoms with Gasteiger partial charge in [0.25, 0.3) is 5.91 Å². The van der Waals surface area contributed by atoms with E-state index < -0.39 is 0 Å². The molecule has 6 nitrogen and oxygen atoms in total. The second-order valence-electron chi connectivity index (χ2n) is 9.11. The molecule has 5 rings (SSSR count). The molecule has 2 heterocycles. The number of nitrogens with zero attached hydrogens (tertiary/aromatic N) is 1. The number of fused-ring (bicyclic) bond motifs is 2. The Labute approximate surface area is 203 Å². The average Bonchev–Trinajstić information content (AvgIpc) is 3.57. The van der Waals surface area contributed by atoms with Crippen LogP contribution in [-0.4, -0.2) is 39.9 Å². The summed E-state index contributed by atoms with van der Waals surface area (Å²) in [5.41, 5.74) is 7.42. The maximum absolute atomic E-state index is 13.4. The molecule has 174 valence electrons. The van der Waals surface area contributed by atoms with Crippen LogP contribution >= 0.6 is 24.0 Å². The van der Waals surface area contributed by atoms with Crippen molar-refractivity contribution in [2.75, 3.05) is 13.7 Å². The van der Waals surface area contributed by atoms with Crippen LogP contribution in [0.4, 0.5) is 0 Å². The smallest absolute Gasteiger partial charge is 0.266 e. The maximum atomic E-state index is 13.4. The summed E-state index contributed by atoms with van der Waals surface area (Å²) in [4.78, 5) is 15.8. The summed E-state index contributed by atoms with van der Waals surface area (Å²) in [6.07, 6.45) is 8.12. The van der Waals surface area contributed by atoms with Gasteiger partial charge in [-0.15, -0.1) is 0 Å². The van der Waals surface area contributed by atoms with E-state index in [1.165, 1.54) is 31.0 Å². The number of thiocarbonyl (C=S) groups is 1. The predicted octanol–water partition coefficient (Wildman–Crippen LogP) is 4.94. The fraction of sp³-hybridized carbons (Fsp3) is 0.440. The minimum atomic E-state index is -0.00991. The standard InChI is InChI=1S/C25H28N2O4S2/c1-30-19-10-17(9-18(28)12-19)21-11-16(3-2-6-26)22(31-21)13-23-24(29)27(25(32)33-23)20-8-14-4-5-15(20)7-14/h9-15,20,28H,2-8,26H2,1H3/b23-13-. The summed E-state index contributed by atoms with van der Waals surface area (Å²) in [6, 6.07) is 7.18. The Balaban J connectivity index is 1.46. The first kappa shape index (κ1) is 22.5. The number of nitrogens with two attached hydrogens (primary N) is 1. The van der Waals surface area contributed by atoms with Crippen molar-refractivity contribution in [2.45, 2.75) is 44.6 Å². The van der Waals surface area contributed by atoms with Crippen LogP contribution in [0.2, 0.25) is 0 Å². The number of benzene rings is 1. The zero-order valence-corrected chi connectivity index (χ0v) is 20.2. The highest BCUT2D eigenvalue weighted by atomic mass is 32.2. The minimum absolute atomic E-state index is 0.00991. The molecule has 1 aliphatic heterocycles. The van der Waals surface area contributed by atoms with Gasteiger partial charge in [0.1, 0.15) is 27.3 Å². The van der Waals surface area contributed by atoms with Gasteiger partial charge in [-0.1, -0.05) is 30.4 Å². The van der Waals surface area contributed by atoms with Gasteiger partial charge in [0.05, 0.1) is 12.0 Å². The summed E-state index contributed by atoms with van der Waals surface area (Å²) in [5.74, 6) is 3.18. The molecule has 33 heavy (non-hydrogen) atoms. The fourth-order valence-electron chi connectivity index (χ4n) is 5.45. The van der Waals surface area contributed by atoms with Gasteiger partial charge in [-0.25, -0.2) is 0 Å². The molecule has 0 spiro atoms. The molecule has 3 N–H and O–H groups in total. The van der Waals surface area contributed by atoms with Crippen molar-refractivity contribution < 1.29 is 19.1 Å². The number of aromatic hydroxyl groups is 1. The van der Waals surface area contributed by atoms with E-state index in [4.69, 9.17) is 27.1 Å². The Morgan fingerprint density at radius 3 is 2.85 bits per heavy atom. The number of thioether (sulfide) groups is 1. The first-order valence-corrected chi connectivity index (χ1v) is 12.7. The molecule has 3 aliphatic rings. The number of amides is 1. The van der Waals surface area contributed by atoms with Crippen LogP contribution in [0.5, 0.6) is 11.5 Å². The summed E-state index contributed by atoms with van der Waals surface area (Å²) in [6.45, 7) is 0.562. The minimum Gasteiger partial charge on any atom is -0.508 e. The van der Waals surface area contributed by atoms with E-state index in [0.29, 0.717) is 44.5 Å². The van der Waals surface area contributed by atoms with Crippen molar-refractivity contribution in [3.63, 3.8) is 0 Å². The van der Waals surface area contributed by atoms with Crippen molar-refractivity contribution >= 4 is 40.3 Å². The normalized spacial score (nSPS) is 25.6. The molecule has 2 aliphatic carbocycles. The van der Waals surface area contributed by atoms with Crippen LogP contribution in [0.3, 0.4) is 0 Å². The van der Waals surface area contributed by atoms with E-state index in [0.717, 1.165) is 30.7 Å². The molecule has 1 aromatic heterocycles. The number of rotatable bonds is 7. The highest BCUT2D eigenvalue weighted by molar-refractivity contribution is 8.26. The SMILES string of the molecule is COc1cc(O)cc(-c2cc(CCCN)c(/C=C3\SC(=S)N(C4CC5CCC4C5)C3=O)o2)c1. The molecular formula is C25H28N2O4S2. The van der Waals surface area contributed by atoms with E-state index in [2.05, 4.69) is 0 Å². The zero-order chi connectivity index (χ0) is 23.1. The third kappa shape index (κ3) is 4.32. The first-order chi connectivity index (χ1) is 16.0. The predicted molar refractivity (Wildman–Crippen MR) is 134 cm³/mol. The van der Waals surface area contributed by atoms with Crippen molar-refractivity contribution in [1.29, 1.82) is 0 Å². The summed E-state index contributed by atoms with van der Waals surface area (Å²) >= 11 is 6.99. The van der Waals surface area contributed by atoms with Crippen molar-refractivity contribution in [3.8, 4) is 22.8 Å². The van der Waals surface area contributed by atoms with E-state index in [1.807, 2.05) is 23.1 Å². The molecule has 3 unspecified atom stereocenters. The van der Waals surface area contributed by atoms with Crippen LogP contribution in [0.15, 0.2) is 33.6 Å². The Hall–Kier alpha value is -2.29. The molecule has 2 bridgehead atoms. The first-order valence-electron chi connectivity index (χ1n) is 11.4. The number of methoxy groups -OCH3 is 1. The number of furan rings is 1. The highest BCUT2D eigenvalue weighted by Crippen LogP contribution is 2.49. The number of hydrogen-bond donors (Lipinski definition) is 2. The van der Waals surface area contributed by atoms with Gasteiger partial charge in [-0.3, -0.25) is 9.69 Å². The Morgan fingerprint density at radius 1 is 1.30 bits per heavy atom. The molecule has 2 aromatic rings. The Bertz CT molecular complexity index is 1130. The third-order valence-electron chi connectivity index (χ3n) is 7.02. The molecule has 1 saturated heterocycles. The van der Waals surface area contributed by atoms with Crippen LogP contribution in [0.1, 0.15) is 43.4 Å². The summed E-state index contributed by atoms with van der Waals surface area (Å²) in [5, 5.41) is 10.1. The lowest BCUT2D eigenvalue weighted by atomic mass is 9.94. The van der Waals surface area contributed by atoms with E-state index >= 15 is 0 Å². The van der Waals surface area contributed by atoms with Crippen LogP contribution in [0.25, 0.3) is 17.4 Å². The summed E-state index contributed by atoms with van der Waals surface area (Å²) < 4.78 is 12.1. The number of aryl methyl sites for hydroxylation is 1. The van der Waals surface area contributed by atoms with Gasteiger partial charge >= 0.3 is 0 Å². The van der Waals surface area contributed by atoms with Crippen LogP contribution < -0.4 is 10.5 Å². The zero-order valence-electron chi connectivity index (χ0n) is 18.6. The van der Waals surface area contributed by atoms with E-state index in [-0.39, 0.29) is 17.7 Å². The van der Waals surface area contributed by atoms with Gasteiger partial charge in [-0.2, -0.15) is 0 Å². The maximum Gasteiger partial charge on any atom is 0.266 e. The number of ether oxygens (including phenoxy) is 1. The Kier molecular flexibility index (Phi) is 6.24. The lowest BCUT2D eigenvalue weighted by molar-refractivity contribution is -0.124. The second kappa shape index (κ2) is 9.16. The number of carbonyl (C=O) groups is 1. The van der Waals surface area contributed by atoms with Crippen LogP contribution in [0, 0.1) is 11.8 Å². The highest BCUT2D eigenvalue weighted by Gasteiger charge is 2.48. The van der Waals surface area contributed by atoms with E-state index in [9.17, 15) is 9.90 Å².